The van der Waals surface area contributed by atoms with Crippen LogP contribution in [0, 0.1) is 14.0 Å². The summed E-state index contributed by atoms with van der Waals surface area (Å²) in [5, 5.41) is 0. The quantitative estimate of drug-likeness (QED) is 0.361. The van der Waals surface area contributed by atoms with E-state index in [4.69, 9.17) is 0 Å². The third-order valence-electron chi connectivity index (χ3n) is 0.167. The van der Waals surface area contributed by atoms with Crippen molar-refractivity contribution in [3.05, 3.63) is 14.0 Å². The van der Waals surface area contributed by atoms with Crippen LogP contribution in [-0.2, 0) is 37.4 Å². The third kappa shape index (κ3) is 11.2. The molecule has 0 N–H and O–H groups in total. The monoisotopic (exact) mass is 147 g/mol. The molecular formula is C3H6OY+. The molecule has 0 spiro atoms. The SMILES string of the molecule is [CH-]1CO1.[CH3-].[Y+3]. The molecule has 1 aliphatic rings. The maximum Gasteiger partial charge on any atom is 3.00 e. The standard InChI is InChI=1S/C2H3O.CH3.Y/c1-2-3-1;;/h1H,2H2;1H3;/q2*-1;+3. The zero-order valence-electron chi connectivity index (χ0n) is 3.27. The molecule has 0 bridgehead atoms. The maximum atomic E-state index is 4.38. The van der Waals surface area contributed by atoms with E-state index in [-0.39, 0.29) is 40.1 Å². The summed E-state index contributed by atoms with van der Waals surface area (Å²) < 4.78 is 4.38. The van der Waals surface area contributed by atoms with Crippen LogP contribution >= 0.6 is 0 Å². The molecule has 1 saturated heterocycles. The van der Waals surface area contributed by atoms with Gasteiger partial charge >= 0.3 is 32.7 Å². The van der Waals surface area contributed by atoms with Gasteiger partial charge in [0, 0.05) is 0 Å². The molecule has 0 aromatic carbocycles. The van der Waals surface area contributed by atoms with Crippen molar-refractivity contribution < 1.29 is 37.4 Å². The molecule has 0 saturated carbocycles. The van der Waals surface area contributed by atoms with Crippen molar-refractivity contribution in [3.8, 4) is 0 Å². The number of rotatable bonds is 0. The minimum atomic E-state index is 0. The summed E-state index contributed by atoms with van der Waals surface area (Å²) >= 11 is 0. The summed E-state index contributed by atoms with van der Waals surface area (Å²) in [6.07, 6.45) is 0. The van der Waals surface area contributed by atoms with Crippen LogP contribution in [-0.4, -0.2) is 6.61 Å². The van der Waals surface area contributed by atoms with Gasteiger partial charge < -0.3 is 12.2 Å². The number of epoxide rings is 1. The summed E-state index contributed by atoms with van der Waals surface area (Å²) in [5.41, 5.74) is 0. The van der Waals surface area contributed by atoms with Crippen LogP contribution in [0.15, 0.2) is 0 Å². The van der Waals surface area contributed by atoms with E-state index in [0.717, 1.165) is 6.61 Å². The van der Waals surface area contributed by atoms with Crippen molar-refractivity contribution in [2.45, 2.75) is 0 Å². The Hall–Kier alpha value is 1.06. The fourth-order valence-electron chi connectivity index (χ4n) is 0. The fraction of sp³-hybridized carbons (Fsp3) is 0.333. The van der Waals surface area contributed by atoms with E-state index >= 15 is 0 Å². The van der Waals surface area contributed by atoms with Crippen LogP contribution in [0.3, 0.4) is 0 Å². The number of hydrogen-bond donors (Lipinski definition) is 0. The Morgan fingerprint density at radius 3 is 1.80 bits per heavy atom. The molecule has 0 aliphatic carbocycles. The second-order valence-corrected chi connectivity index (χ2v) is 0.500. The molecule has 1 aliphatic heterocycles. The molecule has 2 heteroatoms. The molecule has 1 fully saturated rings. The van der Waals surface area contributed by atoms with Crippen molar-refractivity contribution >= 4 is 0 Å². The van der Waals surface area contributed by atoms with Crippen molar-refractivity contribution in [3.63, 3.8) is 0 Å². The zero-order chi connectivity index (χ0) is 2.12. The van der Waals surface area contributed by atoms with Gasteiger partial charge in [0.2, 0.25) is 0 Å². The molecule has 0 atom stereocenters. The van der Waals surface area contributed by atoms with E-state index in [1.165, 1.54) is 0 Å². The van der Waals surface area contributed by atoms with Crippen LogP contribution < -0.4 is 0 Å². The Balaban J connectivity index is 0. The van der Waals surface area contributed by atoms with Crippen molar-refractivity contribution in [1.29, 1.82) is 0 Å². The van der Waals surface area contributed by atoms with Gasteiger partial charge in [-0.2, -0.15) is 6.61 Å². The Morgan fingerprint density at radius 2 is 1.80 bits per heavy atom. The van der Waals surface area contributed by atoms with Gasteiger partial charge in [-0.05, 0) is 0 Å². The smallest absolute Gasteiger partial charge is 0.574 e. The van der Waals surface area contributed by atoms with Crippen LogP contribution in [0.5, 0.6) is 0 Å². The summed E-state index contributed by atoms with van der Waals surface area (Å²) in [6.45, 7) is 2.62. The minimum Gasteiger partial charge on any atom is -0.574 e. The molecular weight excluding hydrogens is 141 g/mol. The molecule has 1 nitrogen and oxygen atoms in total. The summed E-state index contributed by atoms with van der Waals surface area (Å²) in [6, 6.07) is 0. The predicted octanol–water partition coefficient (Wildman–Crippen LogP) is 0.626. The van der Waals surface area contributed by atoms with E-state index in [0.29, 0.717) is 0 Å². The number of hydrogen-bond acceptors (Lipinski definition) is 1. The molecule has 0 aromatic heterocycles. The van der Waals surface area contributed by atoms with E-state index in [9.17, 15) is 0 Å². The van der Waals surface area contributed by atoms with Gasteiger partial charge in [-0.3, -0.25) is 0 Å². The largest absolute Gasteiger partial charge is 3.00 e. The fourth-order valence-corrected chi connectivity index (χ4v) is 0. The third-order valence-corrected chi connectivity index (χ3v) is 0.167. The second-order valence-electron chi connectivity index (χ2n) is 0.500. The Bertz CT molecular complexity index is 11.6. The van der Waals surface area contributed by atoms with Gasteiger partial charge in [0.05, 0.1) is 0 Å². The van der Waals surface area contributed by atoms with E-state index in [1.54, 1.807) is 6.61 Å². The first kappa shape index (κ1) is 9.42. The van der Waals surface area contributed by atoms with Gasteiger partial charge in [-0.15, -0.1) is 0 Å². The van der Waals surface area contributed by atoms with Gasteiger partial charge in [0.25, 0.3) is 0 Å². The first-order valence-electron chi connectivity index (χ1n) is 0.933. The van der Waals surface area contributed by atoms with Crippen LogP contribution in [0.4, 0.5) is 0 Å². The number of ether oxygens (including phenoxy) is 1. The van der Waals surface area contributed by atoms with Gasteiger partial charge in [0.15, 0.2) is 0 Å². The normalized spacial score (nSPS) is 14.4. The molecule has 1 heterocycles. The predicted molar refractivity (Wildman–Crippen MR) is 16.7 cm³/mol. The first-order chi connectivity index (χ1) is 1.50. The van der Waals surface area contributed by atoms with Crippen LogP contribution in [0.1, 0.15) is 0 Å². The molecule has 5 heavy (non-hydrogen) atoms. The maximum absolute atomic E-state index is 4.38. The van der Waals surface area contributed by atoms with E-state index in [1.807, 2.05) is 0 Å². The average molecular weight is 147 g/mol. The van der Waals surface area contributed by atoms with Crippen LogP contribution in [0.25, 0.3) is 0 Å². The molecule has 26 valence electrons. The van der Waals surface area contributed by atoms with E-state index in [2.05, 4.69) is 4.74 Å². The topological polar surface area (TPSA) is 12.5 Å². The second kappa shape index (κ2) is 5.06. The summed E-state index contributed by atoms with van der Waals surface area (Å²) in [7, 11) is 0. The van der Waals surface area contributed by atoms with Crippen molar-refractivity contribution in [2.24, 2.45) is 0 Å². The van der Waals surface area contributed by atoms with Crippen molar-refractivity contribution in [1.82, 2.24) is 0 Å². The van der Waals surface area contributed by atoms with Gasteiger partial charge in [-0.25, -0.2) is 0 Å². The van der Waals surface area contributed by atoms with Gasteiger partial charge in [0.1, 0.15) is 0 Å². The molecule has 0 radical (unpaired) electrons. The molecule has 0 unspecified atom stereocenters. The van der Waals surface area contributed by atoms with E-state index < -0.39 is 0 Å². The molecule has 0 amide bonds. The average Bonchev–Trinajstić information content (AvgIpc) is 1.46. The summed E-state index contributed by atoms with van der Waals surface area (Å²) in [4.78, 5) is 0. The van der Waals surface area contributed by atoms with Crippen molar-refractivity contribution in [2.75, 3.05) is 6.61 Å². The van der Waals surface area contributed by atoms with Gasteiger partial charge in [-0.1, -0.05) is 6.61 Å². The molecule has 1 rings (SSSR count). The minimum absolute atomic E-state index is 0. The Kier molecular flexibility index (Phi) is 9.54. The van der Waals surface area contributed by atoms with Crippen LogP contribution in [0.2, 0.25) is 0 Å². The first-order valence-corrected chi connectivity index (χ1v) is 0.933. The Labute approximate surface area is 58.0 Å². The molecule has 0 aromatic rings. The zero-order valence-corrected chi connectivity index (χ0v) is 6.11. The Morgan fingerprint density at radius 1 is 1.60 bits per heavy atom. The summed E-state index contributed by atoms with van der Waals surface area (Å²) in [5.74, 6) is 0.